The lowest BCUT2D eigenvalue weighted by Gasteiger charge is -2.11. The molecule has 0 radical (unpaired) electrons. The van der Waals surface area contributed by atoms with Crippen LogP contribution in [0.1, 0.15) is 19.4 Å². The molecule has 0 unspecified atom stereocenters. The van der Waals surface area contributed by atoms with E-state index in [1.807, 2.05) is 13.8 Å². The van der Waals surface area contributed by atoms with Gasteiger partial charge in [-0.1, -0.05) is 0 Å². The van der Waals surface area contributed by atoms with Crippen molar-refractivity contribution < 1.29 is 22.3 Å². The van der Waals surface area contributed by atoms with Crippen LogP contribution in [0.2, 0.25) is 0 Å². The fourth-order valence-electron chi connectivity index (χ4n) is 2.12. The lowest BCUT2D eigenvalue weighted by atomic mass is 10.2. The maximum absolute atomic E-state index is 12.8. The number of oxazole rings is 1. The summed E-state index contributed by atoms with van der Waals surface area (Å²) in [7, 11) is 0. The molecule has 2 heterocycles. The van der Waals surface area contributed by atoms with E-state index < -0.39 is 11.7 Å². The Bertz CT molecular complexity index is 841. The van der Waals surface area contributed by atoms with E-state index in [-0.39, 0.29) is 23.1 Å². The summed E-state index contributed by atoms with van der Waals surface area (Å²) in [6.07, 6.45) is -1.45. The number of halogens is 3. The number of fused-ring (bicyclic) bond motifs is 1. The first-order valence-electron chi connectivity index (χ1n) is 6.93. The van der Waals surface area contributed by atoms with Crippen LogP contribution in [0.3, 0.4) is 0 Å². The summed E-state index contributed by atoms with van der Waals surface area (Å²) < 4.78 is 49.5. The topological polar surface area (TPSA) is 48.2 Å². The summed E-state index contributed by atoms with van der Waals surface area (Å²) >= 11 is 0. The van der Waals surface area contributed by atoms with Crippen molar-refractivity contribution in [1.29, 1.82) is 0 Å². The Balaban J connectivity index is 2.08. The lowest BCUT2D eigenvalue weighted by Crippen LogP contribution is -2.06. The Morgan fingerprint density at radius 1 is 1.17 bits per heavy atom. The molecule has 0 amide bonds. The van der Waals surface area contributed by atoms with Gasteiger partial charge in [-0.25, -0.2) is 4.98 Å². The predicted molar refractivity (Wildman–Crippen MR) is 78.0 cm³/mol. The third-order valence-corrected chi connectivity index (χ3v) is 3.09. The van der Waals surface area contributed by atoms with Gasteiger partial charge >= 0.3 is 6.18 Å². The molecule has 0 fully saturated rings. The van der Waals surface area contributed by atoms with Crippen molar-refractivity contribution in [2.75, 3.05) is 0 Å². The van der Waals surface area contributed by atoms with Gasteiger partial charge in [0.2, 0.25) is 5.89 Å². The molecule has 0 spiro atoms. The zero-order chi connectivity index (χ0) is 16.6. The van der Waals surface area contributed by atoms with E-state index in [1.165, 1.54) is 12.3 Å². The number of nitrogens with zero attached hydrogens (tertiary/aromatic N) is 2. The van der Waals surface area contributed by atoms with Gasteiger partial charge in [-0.2, -0.15) is 13.2 Å². The molecule has 0 atom stereocenters. The average Bonchev–Trinajstić information content (AvgIpc) is 2.89. The van der Waals surface area contributed by atoms with Gasteiger partial charge in [-0.05, 0) is 38.1 Å². The van der Waals surface area contributed by atoms with Crippen molar-refractivity contribution in [3.63, 3.8) is 0 Å². The third kappa shape index (κ3) is 3.13. The number of ether oxygens (including phenoxy) is 1. The Labute approximate surface area is 129 Å². The number of aromatic nitrogens is 2. The second-order valence-electron chi connectivity index (χ2n) is 5.24. The summed E-state index contributed by atoms with van der Waals surface area (Å²) in [5.74, 6) is 0.655. The van der Waals surface area contributed by atoms with Crippen molar-refractivity contribution in [2.45, 2.75) is 26.1 Å². The Hall–Kier alpha value is -2.57. The molecule has 0 saturated heterocycles. The van der Waals surface area contributed by atoms with E-state index >= 15 is 0 Å². The largest absolute Gasteiger partial charge is 0.489 e. The highest BCUT2D eigenvalue weighted by Crippen LogP contribution is 2.35. The SMILES string of the molecule is CC(C)Oc1cnccc1-c1nc2cc(C(F)(F)F)ccc2o1. The van der Waals surface area contributed by atoms with Crippen LogP contribution in [0.15, 0.2) is 41.1 Å². The van der Waals surface area contributed by atoms with E-state index in [0.29, 0.717) is 11.3 Å². The molecule has 3 aromatic rings. The quantitative estimate of drug-likeness (QED) is 0.701. The fraction of sp³-hybridized carbons (Fsp3) is 0.250. The molecule has 0 bridgehead atoms. The fourth-order valence-corrected chi connectivity index (χ4v) is 2.12. The minimum absolute atomic E-state index is 0.0841. The highest BCUT2D eigenvalue weighted by molar-refractivity contribution is 5.78. The minimum atomic E-state index is -4.42. The van der Waals surface area contributed by atoms with Crippen LogP contribution in [0.4, 0.5) is 13.2 Å². The Morgan fingerprint density at radius 2 is 1.96 bits per heavy atom. The van der Waals surface area contributed by atoms with E-state index in [4.69, 9.17) is 9.15 Å². The van der Waals surface area contributed by atoms with E-state index in [2.05, 4.69) is 9.97 Å². The predicted octanol–water partition coefficient (Wildman–Crippen LogP) is 4.70. The van der Waals surface area contributed by atoms with Crippen LogP contribution in [0, 0.1) is 0 Å². The number of hydrogen-bond donors (Lipinski definition) is 0. The summed E-state index contributed by atoms with van der Waals surface area (Å²) in [4.78, 5) is 8.13. The minimum Gasteiger partial charge on any atom is -0.489 e. The van der Waals surface area contributed by atoms with Crippen LogP contribution >= 0.6 is 0 Å². The average molecular weight is 322 g/mol. The molecule has 23 heavy (non-hydrogen) atoms. The molecule has 0 aliphatic rings. The molecular formula is C16H13F3N2O2. The van der Waals surface area contributed by atoms with Crippen molar-refractivity contribution >= 4 is 11.1 Å². The molecule has 7 heteroatoms. The first kappa shape index (κ1) is 15.3. The first-order valence-corrected chi connectivity index (χ1v) is 6.93. The molecule has 120 valence electrons. The van der Waals surface area contributed by atoms with Gasteiger partial charge in [0.1, 0.15) is 5.52 Å². The van der Waals surface area contributed by atoms with E-state index in [1.54, 1.807) is 12.3 Å². The summed E-state index contributed by atoms with van der Waals surface area (Å²) in [5, 5.41) is 0. The van der Waals surface area contributed by atoms with Crippen LogP contribution < -0.4 is 4.74 Å². The van der Waals surface area contributed by atoms with Gasteiger partial charge in [0.05, 0.1) is 23.4 Å². The van der Waals surface area contributed by atoms with Crippen LogP contribution in [0.5, 0.6) is 5.75 Å². The van der Waals surface area contributed by atoms with Gasteiger partial charge in [-0.3, -0.25) is 4.98 Å². The maximum Gasteiger partial charge on any atom is 0.416 e. The number of alkyl halides is 3. The van der Waals surface area contributed by atoms with Crippen molar-refractivity contribution in [1.82, 2.24) is 9.97 Å². The molecule has 4 nitrogen and oxygen atoms in total. The molecule has 0 N–H and O–H groups in total. The Morgan fingerprint density at radius 3 is 2.65 bits per heavy atom. The van der Waals surface area contributed by atoms with Crippen molar-refractivity contribution in [2.24, 2.45) is 0 Å². The summed E-state index contributed by atoms with van der Waals surface area (Å²) in [5.41, 5.74) is 0.194. The van der Waals surface area contributed by atoms with Crippen molar-refractivity contribution in [3.05, 3.63) is 42.2 Å². The zero-order valence-corrected chi connectivity index (χ0v) is 12.4. The van der Waals surface area contributed by atoms with Gasteiger partial charge < -0.3 is 9.15 Å². The van der Waals surface area contributed by atoms with Crippen LogP contribution in [0.25, 0.3) is 22.6 Å². The molecule has 1 aromatic carbocycles. The standard InChI is InChI=1S/C16H13F3N2O2/c1-9(2)22-14-8-20-6-5-11(14)15-21-12-7-10(16(17,18)19)3-4-13(12)23-15/h3-9H,1-2H3. The van der Waals surface area contributed by atoms with Gasteiger partial charge in [-0.15, -0.1) is 0 Å². The maximum atomic E-state index is 12.8. The third-order valence-electron chi connectivity index (χ3n) is 3.09. The van der Waals surface area contributed by atoms with E-state index in [0.717, 1.165) is 12.1 Å². The lowest BCUT2D eigenvalue weighted by molar-refractivity contribution is -0.137. The van der Waals surface area contributed by atoms with Crippen LogP contribution in [-0.2, 0) is 6.18 Å². The number of rotatable bonds is 3. The normalized spacial score (nSPS) is 12.1. The van der Waals surface area contributed by atoms with Gasteiger partial charge in [0.15, 0.2) is 11.3 Å². The number of hydrogen-bond acceptors (Lipinski definition) is 4. The first-order chi connectivity index (χ1) is 10.8. The second kappa shape index (κ2) is 5.57. The summed E-state index contributed by atoms with van der Waals surface area (Å²) in [6, 6.07) is 4.84. The molecule has 0 aliphatic carbocycles. The molecule has 2 aromatic heterocycles. The highest BCUT2D eigenvalue weighted by Gasteiger charge is 2.31. The molecular weight excluding hydrogens is 309 g/mol. The van der Waals surface area contributed by atoms with Crippen LogP contribution in [-0.4, -0.2) is 16.1 Å². The number of pyridine rings is 1. The van der Waals surface area contributed by atoms with Gasteiger partial charge in [0, 0.05) is 6.20 Å². The highest BCUT2D eigenvalue weighted by atomic mass is 19.4. The molecule has 0 saturated carbocycles. The van der Waals surface area contributed by atoms with Gasteiger partial charge in [0.25, 0.3) is 0 Å². The Kier molecular flexibility index (Phi) is 3.71. The van der Waals surface area contributed by atoms with E-state index in [9.17, 15) is 13.2 Å². The smallest absolute Gasteiger partial charge is 0.416 e. The monoisotopic (exact) mass is 322 g/mol. The summed E-state index contributed by atoms with van der Waals surface area (Å²) in [6.45, 7) is 3.72. The molecule has 0 aliphatic heterocycles. The zero-order valence-electron chi connectivity index (χ0n) is 12.4. The number of benzene rings is 1. The second-order valence-corrected chi connectivity index (χ2v) is 5.24. The molecule has 3 rings (SSSR count). The van der Waals surface area contributed by atoms with Crippen molar-refractivity contribution in [3.8, 4) is 17.2 Å².